The molecule has 112 valence electrons. The number of nitro benzene ring substituents is 1. The molecule has 8 heteroatoms. The summed E-state index contributed by atoms with van der Waals surface area (Å²) in [6.45, 7) is 4.26. The monoisotopic (exact) mass is 291 g/mol. The minimum Gasteiger partial charge on any atom is -0.344 e. The molecule has 0 saturated heterocycles. The van der Waals surface area contributed by atoms with E-state index >= 15 is 0 Å². The van der Waals surface area contributed by atoms with Crippen LogP contribution in [0.1, 0.15) is 13.8 Å². The van der Waals surface area contributed by atoms with Gasteiger partial charge >= 0.3 is 0 Å². The van der Waals surface area contributed by atoms with Crippen LogP contribution in [-0.2, 0) is 4.79 Å². The number of nitrogens with one attached hydrogen (secondary N) is 2. The van der Waals surface area contributed by atoms with Crippen molar-refractivity contribution in [1.82, 2.24) is 14.9 Å². The molecule has 1 aromatic carbocycles. The number of hydrogen-bond acceptors (Lipinski definition) is 5. The maximum Gasteiger partial charge on any atom is 0.271 e. The highest BCUT2D eigenvalue weighted by Crippen LogP contribution is 2.20. The summed E-state index contributed by atoms with van der Waals surface area (Å²) < 4.78 is 0. The lowest BCUT2D eigenvalue weighted by atomic mass is 10.3. The zero-order valence-corrected chi connectivity index (χ0v) is 12.1. The van der Waals surface area contributed by atoms with E-state index in [-0.39, 0.29) is 11.6 Å². The summed E-state index contributed by atoms with van der Waals surface area (Å²) in [6, 6.07) is 3.94. The van der Waals surface area contributed by atoms with Crippen molar-refractivity contribution in [3.05, 3.63) is 28.3 Å². The summed E-state index contributed by atoms with van der Waals surface area (Å²) in [5.74, 6) is 0.361. The van der Waals surface area contributed by atoms with Gasteiger partial charge in [0, 0.05) is 25.7 Å². The number of carbonyl (C=O) groups is 1. The topological polar surface area (TPSA) is 104 Å². The summed E-state index contributed by atoms with van der Waals surface area (Å²) >= 11 is 0. The van der Waals surface area contributed by atoms with Gasteiger partial charge in [0.2, 0.25) is 11.9 Å². The summed E-state index contributed by atoms with van der Waals surface area (Å²) in [7, 11) is 1.72. The molecule has 0 saturated carbocycles. The van der Waals surface area contributed by atoms with Crippen LogP contribution in [0.25, 0.3) is 11.0 Å². The number of likely N-dealkylation sites (N-methyl/N-ethyl adjacent to an activating group) is 1. The molecule has 2 rings (SSSR count). The Balaban J connectivity index is 2.19. The standard InChI is InChI=1S/C13H17N5O3/c1-4-17(3)12(19)8(2)14-13-15-10-6-5-9(18(20)21)7-11(10)16-13/h5-8H,4H2,1-3H3,(H2,14,15,16). The molecular weight excluding hydrogens is 274 g/mol. The van der Waals surface area contributed by atoms with E-state index < -0.39 is 11.0 Å². The second kappa shape index (κ2) is 5.78. The van der Waals surface area contributed by atoms with Crippen LogP contribution in [0.5, 0.6) is 0 Å². The Morgan fingerprint density at radius 1 is 1.57 bits per heavy atom. The number of rotatable bonds is 5. The molecule has 2 N–H and O–H groups in total. The molecule has 0 aliphatic rings. The summed E-state index contributed by atoms with van der Waals surface area (Å²) in [4.78, 5) is 31.0. The van der Waals surface area contributed by atoms with Crippen molar-refractivity contribution < 1.29 is 9.72 Å². The molecule has 0 aliphatic heterocycles. The number of nitrogens with zero attached hydrogens (tertiary/aromatic N) is 3. The number of aromatic nitrogens is 2. The molecule has 0 aliphatic carbocycles. The van der Waals surface area contributed by atoms with E-state index in [2.05, 4.69) is 15.3 Å². The van der Waals surface area contributed by atoms with Gasteiger partial charge in [0.15, 0.2) is 0 Å². The minimum atomic E-state index is -0.463. The fraction of sp³-hybridized carbons (Fsp3) is 0.385. The van der Waals surface area contributed by atoms with Crippen LogP contribution in [0.15, 0.2) is 18.2 Å². The van der Waals surface area contributed by atoms with Crippen LogP contribution in [0.2, 0.25) is 0 Å². The van der Waals surface area contributed by atoms with Crippen LogP contribution >= 0.6 is 0 Å². The predicted octanol–water partition coefficient (Wildman–Crippen LogP) is 1.75. The van der Waals surface area contributed by atoms with Gasteiger partial charge in [-0.05, 0) is 19.9 Å². The SMILES string of the molecule is CCN(C)C(=O)C(C)Nc1nc2ccc([N+](=O)[O-])cc2[nH]1. The highest BCUT2D eigenvalue weighted by atomic mass is 16.6. The molecule has 21 heavy (non-hydrogen) atoms. The van der Waals surface area contributed by atoms with Crippen LogP contribution in [0, 0.1) is 10.1 Å². The van der Waals surface area contributed by atoms with E-state index in [1.807, 2.05) is 6.92 Å². The molecule has 0 radical (unpaired) electrons. The van der Waals surface area contributed by atoms with E-state index in [9.17, 15) is 14.9 Å². The lowest BCUT2D eigenvalue weighted by Crippen LogP contribution is -2.39. The molecule has 8 nitrogen and oxygen atoms in total. The predicted molar refractivity (Wildman–Crippen MR) is 79.1 cm³/mol. The lowest BCUT2D eigenvalue weighted by molar-refractivity contribution is -0.384. The third-order valence-electron chi connectivity index (χ3n) is 3.25. The first-order valence-electron chi connectivity index (χ1n) is 6.58. The molecule has 0 fully saturated rings. The van der Waals surface area contributed by atoms with E-state index in [0.717, 1.165) is 0 Å². The van der Waals surface area contributed by atoms with Crippen molar-refractivity contribution in [3.63, 3.8) is 0 Å². The average molecular weight is 291 g/mol. The molecule has 1 heterocycles. The van der Waals surface area contributed by atoms with Crippen molar-refractivity contribution in [1.29, 1.82) is 0 Å². The van der Waals surface area contributed by atoms with Gasteiger partial charge in [-0.3, -0.25) is 14.9 Å². The Morgan fingerprint density at radius 3 is 2.90 bits per heavy atom. The van der Waals surface area contributed by atoms with E-state index in [4.69, 9.17) is 0 Å². The molecule has 1 aromatic heterocycles. The first kappa shape index (κ1) is 14.8. The van der Waals surface area contributed by atoms with Gasteiger partial charge in [-0.15, -0.1) is 0 Å². The molecule has 0 spiro atoms. The molecule has 2 aromatic rings. The van der Waals surface area contributed by atoms with Gasteiger partial charge in [0.05, 0.1) is 16.0 Å². The van der Waals surface area contributed by atoms with Gasteiger partial charge in [0.25, 0.3) is 5.69 Å². The van der Waals surface area contributed by atoms with E-state index in [0.29, 0.717) is 23.5 Å². The number of hydrogen-bond donors (Lipinski definition) is 2. The maximum absolute atomic E-state index is 12.0. The molecular formula is C13H17N5O3. The smallest absolute Gasteiger partial charge is 0.271 e. The number of nitro groups is 1. The van der Waals surface area contributed by atoms with Crippen LogP contribution in [0.3, 0.4) is 0 Å². The normalized spacial score (nSPS) is 12.1. The zero-order chi connectivity index (χ0) is 15.6. The first-order valence-corrected chi connectivity index (χ1v) is 6.58. The minimum absolute atomic E-state index is 0.00691. The van der Waals surface area contributed by atoms with Gasteiger partial charge in [-0.25, -0.2) is 4.98 Å². The second-order valence-corrected chi connectivity index (χ2v) is 4.76. The molecule has 1 atom stereocenters. The Morgan fingerprint density at radius 2 is 2.29 bits per heavy atom. The number of benzene rings is 1. The number of non-ortho nitro benzene ring substituents is 1. The molecule has 1 amide bonds. The summed E-state index contributed by atoms with van der Waals surface area (Å²) in [5.41, 5.74) is 1.15. The number of H-pyrrole nitrogens is 1. The first-order chi connectivity index (χ1) is 9.92. The average Bonchev–Trinajstić information content (AvgIpc) is 2.86. The third-order valence-corrected chi connectivity index (χ3v) is 3.25. The number of fused-ring (bicyclic) bond motifs is 1. The Kier molecular flexibility index (Phi) is 4.06. The van der Waals surface area contributed by atoms with E-state index in [1.165, 1.54) is 12.1 Å². The molecule has 0 bridgehead atoms. The largest absolute Gasteiger partial charge is 0.344 e. The Bertz CT molecular complexity index is 681. The molecule has 1 unspecified atom stereocenters. The maximum atomic E-state index is 12.0. The Labute approximate surface area is 121 Å². The van der Waals surface area contributed by atoms with Crippen LogP contribution in [0.4, 0.5) is 11.6 Å². The van der Waals surface area contributed by atoms with Crippen molar-refractivity contribution >= 4 is 28.6 Å². The third kappa shape index (κ3) is 3.10. The van der Waals surface area contributed by atoms with Crippen molar-refractivity contribution in [2.24, 2.45) is 0 Å². The van der Waals surface area contributed by atoms with Gasteiger partial charge in [-0.2, -0.15) is 0 Å². The van der Waals surface area contributed by atoms with Gasteiger partial charge in [-0.1, -0.05) is 0 Å². The van der Waals surface area contributed by atoms with Gasteiger partial charge < -0.3 is 15.2 Å². The highest BCUT2D eigenvalue weighted by Gasteiger charge is 2.17. The second-order valence-electron chi connectivity index (χ2n) is 4.76. The van der Waals surface area contributed by atoms with Crippen LogP contribution < -0.4 is 5.32 Å². The Hall–Kier alpha value is -2.64. The number of amides is 1. The number of carbonyl (C=O) groups excluding carboxylic acids is 1. The van der Waals surface area contributed by atoms with E-state index in [1.54, 1.807) is 24.9 Å². The number of aromatic amines is 1. The summed E-state index contributed by atoms with van der Waals surface area (Å²) in [5, 5.41) is 13.7. The highest BCUT2D eigenvalue weighted by molar-refractivity contribution is 5.85. The van der Waals surface area contributed by atoms with Crippen molar-refractivity contribution in [2.45, 2.75) is 19.9 Å². The van der Waals surface area contributed by atoms with Gasteiger partial charge in [0.1, 0.15) is 6.04 Å². The fourth-order valence-electron chi connectivity index (χ4n) is 1.93. The fourth-order valence-corrected chi connectivity index (χ4v) is 1.93. The quantitative estimate of drug-likeness (QED) is 0.645. The number of imidazole rings is 1. The number of anilines is 1. The van der Waals surface area contributed by atoms with Crippen molar-refractivity contribution in [3.8, 4) is 0 Å². The summed E-state index contributed by atoms with van der Waals surface area (Å²) in [6.07, 6.45) is 0. The van der Waals surface area contributed by atoms with Crippen molar-refractivity contribution in [2.75, 3.05) is 18.9 Å². The zero-order valence-electron chi connectivity index (χ0n) is 12.1. The van der Waals surface area contributed by atoms with Crippen LogP contribution in [-0.4, -0.2) is 45.3 Å². The lowest BCUT2D eigenvalue weighted by Gasteiger charge is -2.20.